The maximum absolute atomic E-state index is 11.6. The lowest BCUT2D eigenvalue weighted by molar-refractivity contribution is -0.132. The summed E-state index contributed by atoms with van der Waals surface area (Å²) in [5, 5.41) is 9.23. The van der Waals surface area contributed by atoms with Gasteiger partial charge in [0.2, 0.25) is 0 Å². The first-order chi connectivity index (χ1) is 7.37. The lowest BCUT2D eigenvalue weighted by atomic mass is 9.89. The zero-order valence-corrected chi connectivity index (χ0v) is 10.7. The van der Waals surface area contributed by atoms with Crippen LogP contribution < -0.4 is 0 Å². The number of Topliss-reactive ketones (excluding diaryl/α,β-unsaturated/α-hetero) is 1. The molecular weight excluding hydrogens is 272 g/mol. The molecule has 0 radical (unpaired) electrons. The second-order valence-corrected chi connectivity index (χ2v) is 4.74. The highest BCUT2D eigenvalue weighted by Crippen LogP contribution is 2.28. The molecule has 0 aliphatic heterocycles. The lowest BCUT2D eigenvalue weighted by Gasteiger charge is -2.15. The predicted octanol–water partition coefficient (Wildman–Crippen LogP) is 2.48. The molecular formula is C12H13BrO3. The minimum atomic E-state index is -1.07. The van der Waals surface area contributed by atoms with Crippen LogP contribution in [0.2, 0.25) is 0 Å². The van der Waals surface area contributed by atoms with Crippen LogP contribution >= 0.6 is 15.9 Å². The third-order valence-corrected chi connectivity index (χ3v) is 2.76. The molecule has 4 heteroatoms. The van der Waals surface area contributed by atoms with Crippen molar-refractivity contribution in [3.05, 3.63) is 35.5 Å². The van der Waals surface area contributed by atoms with Crippen molar-refractivity contribution in [3.63, 3.8) is 0 Å². The first kappa shape index (κ1) is 12.9. The Hall–Kier alpha value is -1.16. The maximum atomic E-state index is 11.6. The summed E-state index contributed by atoms with van der Waals surface area (Å²) in [5.74, 6) is -1.30. The molecule has 0 atom stereocenters. The van der Waals surface area contributed by atoms with Crippen molar-refractivity contribution in [2.24, 2.45) is 5.41 Å². The molecule has 0 fully saturated rings. The molecule has 0 spiro atoms. The minimum Gasteiger partial charge on any atom is -0.478 e. The van der Waals surface area contributed by atoms with Crippen molar-refractivity contribution in [2.45, 2.75) is 13.8 Å². The number of carboxylic acid groups (broad SMARTS) is 1. The molecule has 3 nitrogen and oxygen atoms in total. The number of rotatable bonds is 3. The van der Waals surface area contributed by atoms with Crippen LogP contribution in [0.4, 0.5) is 0 Å². The van der Waals surface area contributed by atoms with Crippen LogP contribution in [0.5, 0.6) is 0 Å². The number of hydrogen-bond donors (Lipinski definition) is 1. The van der Waals surface area contributed by atoms with Crippen molar-refractivity contribution in [2.75, 3.05) is 5.33 Å². The Morgan fingerprint density at radius 2 is 2.00 bits per heavy atom. The maximum Gasteiger partial charge on any atom is 0.336 e. The number of ketones is 1. The Bertz CT molecular complexity index is 414. The van der Waals surface area contributed by atoms with Crippen molar-refractivity contribution in [1.29, 1.82) is 0 Å². The summed E-state index contributed by atoms with van der Waals surface area (Å²) in [4.78, 5) is 22.7. The summed E-state index contributed by atoms with van der Waals surface area (Å²) < 4.78 is 0. The number of aliphatic carboxylic acids is 1. The topological polar surface area (TPSA) is 54.4 Å². The van der Waals surface area contributed by atoms with Gasteiger partial charge in [0.1, 0.15) is 0 Å². The van der Waals surface area contributed by atoms with E-state index in [4.69, 9.17) is 5.11 Å². The zero-order valence-electron chi connectivity index (χ0n) is 9.16. The van der Waals surface area contributed by atoms with E-state index in [9.17, 15) is 9.59 Å². The van der Waals surface area contributed by atoms with E-state index in [1.165, 1.54) is 0 Å². The number of allylic oxidation sites excluding steroid dienone is 4. The van der Waals surface area contributed by atoms with Gasteiger partial charge in [-0.15, -0.1) is 0 Å². The van der Waals surface area contributed by atoms with Crippen molar-refractivity contribution >= 4 is 27.7 Å². The fourth-order valence-corrected chi connectivity index (χ4v) is 1.77. The van der Waals surface area contributed by atoms with E-state index in [0.29, 0.717) is 0 Å². The van der Waals surface area contributed by atoms with Gasteiger partial charge in [-0.1, -0.05) is 54.1 Å². The standard InChI is InChI=1S/C12H13BrO3/c1-12(2)5-3-4-8(10(14)7-13)9(6-12)11(15)16/h3-6H,7H2,1-2H3,(H,15,16). The normalized spacial score (nSPS) is 18.4. The average molecular weight is 285 g/mol. The summed E-state index contributed by atoms with van der Waals surface area (Å²) in [6.45, 7) is 3.78. The van der Waals surface area contributed by atoms with Crippen LogP contribution in [-0.4, -0.2) is 22.2 Å². The second-order valence-electron chi connectivity index (χ2n) is 4.18. The Balaban J connectivity index is 3.27. The molecule has 0 unspecified atom stereocenters. The average Bonchev–Trinajstić information content (AvgIpc) is 2.35. The van der Waals surface area contributed by atoms with Crippen LogP contribution in [0, 0.1) is 5.41 Å². The highest BCUT2D eigenvalue weighted by Gasteiger charge is 2.24. The molecule has 86 valence electrons. The Kier molecular flexibility index (Phi) is 3.86. The minimum absolute atomic E-state index is 0.0689. The number of hydrogen-bond acceptors (Lipinski definition) is 2. The van der Waals surface area contributed by atoms with Gasteiger partial charge in [-0.2, -0.15) is 0 Å². The van der Waals surface area contributed by atoms with Gasteiger partial charge in [0.25, 0.3) is 0 Å². The van der Waals surface area contributed by atoms with Crippen molar-refractivity contribution in [1.82, 2.24) is 0 Å². The molecule has 0 bridgehead atoms. The zero-order chi connectivity index (χ0) is 12.3. The Morgan fingerprint density at radius 1 is 1.38 bits per heavy atom. The van der Waals surface area contributed by atoms with Gasteiger partial charge in [0, 0.05) is 11.0 Å². The second kappa shape index (κ2) is 4.78. The Labute approximate surface area is 103 Å². The van der Waals surface area contributed by atoms with Gasteiger partial charge in [-0.05, 0) is 0 Å². The number of carbonyl (C=O) groups excluding carboxylic acids is 1. The molecule has 0 aromatic rings. The van der Waals surface area contributed by atoms with E-state index in [2.05, 4.69) is 15.9 Å². The highest BCUT2D eigenvalue weighted by molar-refractivity contribution is 9.09. The number of halogens is 1. The van der Waals surface area contributed by atoms with Gasteiger partial charge in [0.15, 0.2) is 5.78 Å². The number of carbonyl (C=O) groups is 2. The fourth-order valence-electron chi connectivity index (χ4n) is 1.47. The summed E-state index contributed by atoms with van der Waals surface area (Å²) in [6, 6.07) is 0. The largest absolute Gasteiger partial charge is 0.478 e. The molecule has 0 aromatic carbocycles. The molecule has 1 rings (SSSR count). The molecule has 0 heterocycles. The van der Waals surface area contributed by atoms with Crippen LogP contribution in [0.1, 0.15) is 13.8 Å². The summed E-state index contributed by atoms with van der Waals surface area (Å²) >= 11 is 3.05. The fraction of sp³-hybridized carbons (Fsp3) is 0.333. The highest BCUT2D eigenvalue weighted by atomic mass is 79.9. The molecule has 16 heavy (non-hydrogen) atoms. The number of alkyl halides is 1. The van der Waals surface area contributed by atoms with Gasteiger partial charge in [0.05, 0.1) is 10.9 Å². The van der Waals surface area contributed by atoms with E-state index in [1.807, 2.05) is 19.9 Å². The van der Waals surface area contributed by atoms with Crippen LogP contribution in [0.25, 0.3) is 0 Å². The third-order valence-electron chi connectivity index (χ3n) is 2.25. The molecule has 0 saturated carbocycles. The van der Waals surface area contributed by atoms with Gasteiger partial charge in [-0.25, -0.2) is 4.79 Å². The molecule has 1 N–H and O–H groups in total. The predicted molar refractivity (Wildman–Crippen MR) is 65.5 cm³/mol. The smallest absolute Gasteiger partial charge is 0.336 e. The number of carboxylic acids is 1. The van der Waals surface area contributed by atoms with Crippen molar-refractivity contribution in [3.8, 4) is 0 Å². The first-order valence-corrected chi connectivity index (χ1v) is 5.95. The summed E-state index contributed by atoms with van der Waals surface area (Å²) in [6.07, 6.45) is 6.75. The van der Waals surface area contributed by atoms with E-state index >= 15 is 0 Å². The SMILES string of the molecule is CC1(C)C=CC=C(C(=O)CBr)C(C(=O)O)=C1. The van der Waals surface area contributed by atoms with E-state index < -0.39 is 5.97 Å². The third kappa shape index (κ3) is 2.92. The molecule has 0 saturated heterocycles. The van der Waals surface area contributed by atoms with Crippen LogP contribution in [0.3, 0.4) is 0 Å². The van der Waals surface area contributed by atoms with Gasteiger partial charge in [-0.3, -0.25) is 4.79 Å². The quantitative estimate of drug-likeness (QED) is 0.810. The Morgan fingerprint density at radius 3 is 2.50 bits per heavy atom. The molecule has 0 aromatic heterocycles. The summed E-state index contributed by atoms with van der Waals surface area (Å²) in [5.41, 5.74) is -0.0517. The van der Waals surface area contributed by atoms with E-state index in [-0.39, 0.29) is 27.7 Å². The monoisotopic (exact) mass is 284 g/mol. The molecule has 1 aliphatic carbocycles. The van der Waals surface area contributed by atoms with Gasteiger partial charge >= 0.3 is 5.97 Å². The summed E-state index contributed by atoms with van der Waals surface area (Å²) in [7, 11) is 0. The van der Waals surface area contributed by atoms with E-state index in [1.54, 1.807) is 18.2 Å². The van der Waals surface area contributed by atoms with E-state index in [0.717, 1.165) is 0 Å². The lowest BCUT2D eigenvalue weighted by Crippen LogP contribution is -2.15. The van der Waals surface area contributed by atoms with Crippen LogP contribution in [-0.2, 0) is 9.59 Å². The van der Waals surface area contributed by atoms with Crippen molar-refractivity contribution < 1.29 is 14.7 Å². The first-order valence-electron chi connectivity index (χ1n) is 4.82. The molecule has 0 amide bonds. The molecule has 1 aliphatic rings. The van der Waals surface area contributed by atoms with Gasteiger partial charge < -0.3 is 5.11 Å². The van der Waals surface area contributed by atoms with Crippen LogP contribution in [0.15, 0.2) is 35.5 Å².